The molecule has 3 rings (SSSR count). The quantitative estimate of drug-likeness (QED) is 0.505. The normalized spacial score (nSPS) is 10.9. The van der Waals surface area contributed by atoms with Crippen molar-refractivity contribution in [3.05, 3.63) is 86.6 Å². The van der Waals surface area contributed by atoms with Crippen LogP contribution in [0.1, 0.15) is 15.9 Å². The zero-order chi connectivity index (χ0) is 24.0. The summed E-state index contributed by atoms with van der Waals surface area (Å²) < 4.78 is 35.3. The highest BCUT2D eigenvalue weighted by molar-refractivity contribution is 6.07. The summed E-state index contributed by atoms with van der Waals surface area (Å²) >= 11 is 0. The summed E-state index contributed by atoms with van der Waals surface area (Å²) in [5.41, 5.74) is 5.16. The predicted octanol–water partition coefficient (Wildman–Crippen LogP) is 2.21. The summed E-state index contributed by atoms with van der Waals surface area (Å²) in [6.45, 7) is -2.84. The number of nitrogen functional groups attached to an aromatic ring is 1. The van der Waals surface area contributed by atoms with Crippen LogP contribution in [0, 0.1) is 0 Å². The van der Waals surface area contributed by atoms with Crippen LogP contribution in [0.5, 0.6) is 5.75 Å². The number of aromatic nitrogens is 2. The van der Waals surface area contributed by atoms with Crippen molar-refractivity contribution in [3.63, 3.8) is 0 Å². The second-order valence-electron chi connectivity index (χ2n) is 6.92. The average molecular weight is 460 g/mol. The van der Waals surface area contributed by atoms with E-state index >= 15 is 0 Å². The molecule has 0 saturated heterocycles. The number of methoxy groups -OCH3 is 1. The van der Waals surface area contributed by atoms with Crippen molar-refractivity contribution in [2.75, 3.05) is 24.4 Å². The number of aromatic amines is 1. The lowest BCUT2D eigenvalue weighted by Crippen LogP contribution is -2.41. The van der Waals surface area contributed by atoms with Gasteiger partial charge in [0.25, 0.3) is 11.5 Å². The van der Waals surface area contributed by atoms with Gasteiger partial charge in [-0.1, -0.05) is 30.3 Å². The number of H-pyrrole nitrogens is 1. The molecule has 0 unspecified atom stereocenters. The van der Waals surface area contributed by atoms with Gasteiger partial charge in [-0.25, -0.2) is 4.79 Å². The molecular weight excluding hydrogens is 438 g/mol. The lowest BCUT2D eigenvalue weighted by atomic mass is 10.1. The molecule has 1 aromatic heterocycles. The van der Waals surface area contributed by atoms with Crippen LogP contribution in [0.2, 0.25) is 0 Å². The van der Waals surface area contributed by atoms with Crippen LogP contribution in [-0.4, -0.2) is 35.8 Å². The van der Waals surface area contributed by atoms with Crippen LogP contribution >= 0.6 is 0 Å². The van der Waals surface area contributed by atoms with E-state index < -0.39 is 23.8 Å². The molecular formula is C22H22F2N4O5. The number of amides is 1. The Morgan fingerprint density at radius 2 is 1.79 bits per heavy atom. The van der Waals surface area contributed by atoms with Crippen LogP contribution in [0.25, 0.3) is 0 Å². The molecule has 0 radical (unpaired) electrons. The van der Waals surface area contributed by atoms with Crippen molar-refractivity contribution < 1.29 is 23.0 Å². The van der Waals surface area contributed by atoms with Gasteiger partial charge in [0.2, 0.25) is 0 Å². The van der Waals surface area contributed by atoms with E-state index in [0.29, 0.717) is 5.56 Å². The number of carbonyl (C=O) groups is 1. The molecule has 0 aliphatic carbocycles. The molecule has 0 saturated carbocycles. The van der Waals surface area contributed by atoms with Crippen molar-refractivity contribution in [2.45, 2.75) is 19.7 Å². The number of benzene rings is 2. The fourth-order valence-electron chi connectivity index (χ4n) is 3.20. The first-order valence-corrected chi connectivity index (χ1v) is 9.84. The van der Waals surface area contributed by atoms with Gasteiger partial charge in [-0.15, -0.1) is 0 Å². The summed E-state index contributed by atoms with van der Waals surface area (Å²) in [7, 11) is 1.44. The van der Waals surface area contributed by atoms with E-state index in [9.17, 15) is 23.2 Å². The number of anilines is 2. The van der Waals surface area contributed by atoms with E-state index in [2.05, 4.69) is 9.72 Å². The number of hydrogen-bond acceptors (Lipinski definition) is 6. The van der Waals surface area contributed by atoms with Gasteiger partial charge in [0.1, 0.15) is 11.6 Å². The molecule has 174 valence electrons. The molecule has 0 atom stereocenters. The molecule has 0 fully saturated rings. The Morgan fingerprint density at radius 3 is 2.39 bits per heavy atom. The molecule has 0 spiro atoms. The molecule has 33 heavy (non-hydrogen) atoms. The molecule has 0 aliphatic rings. The summed E-state index contributed by atoms with van der Waals surface area (Å²) in [6.07, 6.45) is 0. The van der Waals surface area contributed by atoms with Crippen LogP contribution in [0.3, 0.4) is 0 Å². The third kappa shape index (κ3) is 5.63. The zero-order valence-electron chi connectivity index (χ0n) is 17.7. The smallest absolute Gasteiger partial charge is 0.387 e. The Kier molecular flexibility index (Phi) is 7.57. The van der Waals surface area contributed by atoms with Crippen molar-refractivity contribution in [1.82, 2.24) is 9.55 Å². The Morgan fingerprint density at radius 1 is 1.12 bits per heavy atom. The Hall–Kier alpha value is -3.99. The molecule has 9 nitrogen and oxygen atoms in total. The van der Waals surface area contributed by atoms with Gasteiger partial charge in [-0.05, 0) is 29.8 Å². The second kappa shape index (κ2) is 10.6. The van der Waals surface area contributed by atoms with Crippen molar-refractivity contribution in [1.29, 1.82) is 0 Å². The lowest BCUT2D eigenvalue weighted by molar-refractivity contribution is -0.0498. The summed E-state index contributed by atoms with van der Waals surface area (Å²) in [6, 6.07) is 13.9. The molecule has 2 aromatic carbocycles. The maximum atomic E-state index is 13.4. The molecule has 0 aliphatic heterocycles. The Labute approximate surface area is 187 Å². The fraction of sp³-hybridized carbons (Fsp3) is 0.227. The van der Waals surface area contributed by atoms with Crippen molar-refractivity contribution in [2.24, 2.45) is 0 Å². The number of alkyl halides is 2. The van der Waals surface area contributed by atoms with Crippen molar-refractivity contribution in [3.8, 4) is 5.75 Å². The monoisotopic (exact) mass is 460 g/mol. The third-order valence-electron chi connectivity index (χ3n) is 4.76. The van der Waals surface area contributed by atoms with E-state index in [1.54, 1.807) is 30.3 Å². The van der Waals surface area contributed by atoms with E-state index in [-0.39, 0.29) is 42.5 Å². The van der Waals surface area contributed by atoms with E-state index in [1.165, 1.54) is 31.4 Å². The number of nitrogens with one attached hydrogen (secondary N) is 1. The number of carbonyl (C=O) groups excluding carboxylic acids is 1. The Bertz CT molecular complexity index is 1210. The first kappa shape index (κ1) is 23.7. The van der Waals surface area contributed by atoms with E-state index in [1.807, 2.05) is 0 Å². The number of hydrogen-bond donors (Lipinski definition) is 2. The topological polar surface area (TPSA) is 120 Å². The minimum atomic E-state index is -3.01. The minimum absolute atomic E-state index is 0.0370. The van der Waals surface area contributed by atoms with Crippen LogP contribution in [0.15, 0.2) is 64.2 Å². The molecule has 1 amide bonds. The average Bonchev–Trinajstić information content (AvgIpc) is 2.78. The molecule has 0 bridgehead atoms. The summed E-state index contributed by atoms with van der Waals surface area (Å²) in [5.74, 6) is -0.957. The fourth-order valence-corrected chi connectivity index (χ4v) is 3.20. The molecule has 3 aromatic rings. The summed E-state index contributed by atoms with van der Waals surface area (Å²) in [5, 5.41) is 0. The number of rotatable bonds is 9. The van der Waals surface area contributed by atoms with Gasteiger partial charge in [-0.3, -0.25) is 24.0 Å². The first-order valence-electron chi connectivity index (χ1n) is 9.84. The zero-order valence-corrected chi connectivity index (χ0v) is 17.7. The number of halogens is 2. The lowest BCUT2D eigenvalue weighted by Gasteiger charge is -2.25. The van der Waals surface area contributed by atoms with E-state index in [4.69, 9.17) is 10.5 Å². The summed E-state index contributed by atoms with van der Waals surface area (Å²) in [4.78, 5) is 41.7. The standard InChI is InChI=1S/C22H22F2N4O5/c1-32-12-11-27-18(25)17(19(29)26-22(27)31)28(13-14-5-3-2-4-6-14)20(30)15-7-9-16(10-8-15)33-21(23)24/h2-10,21H,11-13,25H2,1H3,(H,26,29,31). The van der Waals surface area contributed by atoms with Crippen LogP contribution in [0.4, 0.5) is 20.3 Å². The number of nitrogens with zero attached hydrogens (tertiary/aromatic N) is 2. The maximum absolute atomic E-state index is 13.4. The largest absolute Gasteiger partial charge is 0.435 e. The molecule has 3 N–H and O–H groups in total. The maximum Gasteiger partial charge on any atom is 0.387 e. The Balaban J connectivity index is 2.08. The number of ether oxygens (including phenoxy) is 2. The highest BCUT2D eigenvalue weighted by Crippen LogP contribution is 2.23. The van der Waals surface area contributed by atoms with Gasteiger partial charge in [0.15, 0.2) is 5.69 Å². The van der Waals surface area contributed by atoms with Gasteiger partial charge in [-0.2, -0.15) is 8.78 Å². The molecule has 1 heterocycles. The first-order chi connectivity index (χ1) is 15.8. The van der Waals surface area contributed by atoms with Gasteiger partial charge in [0.05, 0.1) is 19.7 Å². The highest BCUT2D eigenvalue weighted by Gasteiger charge is 2.26. The van der Waals surface area contributed by atoms with Gasteiger partial charge < -0.3 is 15.2 Å². The second-order valence-corrected chi connectivity index (χ2v) is 6.92. The third-order valence-corrected chi connectivity index (χ3v) is 4.76. The predicted molar refractivity (Wildman–Crippen MR) is 118 cm³/mol. The molecule has 11 heteroatoms. The highest BCUT2D eigenvalue weighted by atomic mass is 19.3. The van der Waals surface area contributed by atoms with Crippen LogP contribution < -0.4 is 26.6 Å². The SMILES string of the molecule is COCCn1c(N)c(N(Cc2ccccc2)C(=O)c2ccc(OC(F)F)cc2)c(=O)[nH]c1=O. The van der Waals surface area contributed by atoms with E-state index in [0.717, 1.165) is 9.47 Å². The van der Waals surface area contributed by atoms with Gasteiger partial charge in [0, 0.05) is 12.7 Å². The number of nitrogens with two attached hydrogens (primary N) is 1. The van der Waals surface area contributed by atoms with Crippen molar-refractivity contribution >= 4 is 17.4 Å². The van der Waals surface area contributed by atoms with Gasteiger partial charge >= 0.3 is 12.3 Å². The van der Waals surface area contributed by atoms with Crippen LogP contribution in [-0.2, 0) is 17.8 Å². The minimum Gasteiger partial charge on any atom is -0.435 e.